The van der Waals surface area contributed by atoms with Gasteiger partial charge in [-0.25, -0.2) is 0 Å². The molecule has 0 fully saturated rings. The number of benzene rings is 1. The number of hydrogen-bond acceptors (Lipinski definition) is 3. The Morgan fingerprint density at radius 1 is 1.38 bits per heavy atom. The van der Waals surface area contributed by atoms with Crippen molar-refractivity contribution in [2.24, 2.45) is 0 Å². The molecule has 1 rings (SSSR count). The summed E-state index contributed by atoms with van der Waals surface area (Å²) in [6.45, 7) is 0. The number of phenols is 1. The molecule has 0 aromatic heterocycles. The van der Waals surface area contributed by atoms with E-state index in [4.69, 9.17) is 6.13 Å². The molecule has 5 heteroatoms. The van der Waals surface area contributed by atoms with Crippen LogP contribution in [0.1, 0.15) is 0 Å². The van der Waals surface area contributed by atoms with Gasteiger partial charge in [0.05, 0.1) is 0 Å². The zero-order valence-electron chi connectivity index (χ0n) is 6.48. The predicted molar refractivity (Wildman–Crippen MR) is 53.0 cm³/mol. The molecule has 1 N–H and O–H groups in total. The van der Waals surface area contributed by atoms with Crippen LogP contribution in [0.4, 0.5) is 0 Å². The molecule has 13 heavy (non-hydrogen) atoms. The van der Waals surface area contributed by atoms with Crippen molar-refractivity contribution in [3.05, 3.63) is 34.6 Å². The third kappa shape index (κ3) is 4.03. The van der Waals surface area contributed by atoms with E-state index in [0.29, 0.717) is 5.75 Å². The number of halogens is 2. The van der Waals surface area contributed by atoms with Crippen LogP contribution >= 0.6 is 22.6 Å². The monoisotopic (exact) mass is 405 g/mol. The van der Waals surface area contributed by atoms with Crippen molar-refractivity contribution in [3.8, 4) is 11.5 Å². The normalized spacial score (nSPS) is 10.5. The summed E-state index contributed by atoms with van der Waals surface area (Å²) in [7, 11) is 0. The molecular formula is C8H7I2O3-. The molecule has 1 aromatic rings. The van der Waals surface area contributed by atoms with Gasteiger partial charge in [-0.1, -0.05) is 0 Å². The van der Waals surface area contributed by atoms with Crippen molar-refractivity contribution in [1.82, 2.24) is 0 Å². The van der Waals surface area contributed by atoms with Gasteiger partial charge >= 0.3 is 102 Å². The SMILES string of the molecule is Oc1ccccc1O[I-]O/C=C\I. The van der Waals surface area contributed by atoms with E-state index in [0.717, 1.165) is 0 Å². The van der Waals surface area contributed by atoms with Crippen molar-refractivity contribution in [2.75, 3.05) is 0 Å². The Balaban J connectivity index is 2.41. The fraction of sp³-hybridized carbons (Fsp3) is 0. The van der Waals surface area contributed by atoms with E-state index in [2.05, 4.69) is 22.6 Å². The average molecular weight is 405 g/mol. The van der Waals surface area contributed by atoms with E-state index in [-0.39, 0.29) is 5.75 Å². The second kappa shape index (κ2) is 6.30. The molecule has 0 saturated carbocycles. The van der Waals surface area contributed by atoms with Crippen LogP contribution in [-0.2, 0) is 3.07 Å². The summed E-state index contributed by atoms with van der Waals surface area (Å²) in [5.74, 6) is 0.612. The van der Waals surface area contributed by atoms with Crippen LogP contribution in [-0.4, -0.2) is 5.11 Å². The van der Waals surface area contributed by atoms with E-state index in [1.807, 2.05) is 0 Å². The predicted octanol–water partition coefficient (Wildman–Crippen LogP) is -0.387. The average Bonchev–Trinajstić information content (AvgIpc) is 2.15. The van der Waals surface area contributed by atoms with Crippen molar-refractivity contribution < 1.29 is 33.3 Å². The van der Waals surface area contributed by atoms with Crippen LogP contribution in [0, 0.1) is 0 Å². The molecule has 1 aromatic carbocycles. The number of para-hydroxylation sites is 2. The number of rotatable bonds is 4. The molecule has 0 unspecified atom stereocenters. The maximum absolute atomic E-state index is 9.28. The van der Waals surface area contributed by atoms with E-state index < -0.39 is 22.0 Å². The first-order valence-electron chi connectivity index (χ1n) is 3.35. The molecule has 0 aliphatic rings. The zero-order valence-corrected chi connectivity index (χ0v) is 10.8. The summed E-state index contributed by atoms with van der Waals surface area (Å²) in [6, 6.07) is 6.82. The van der Waals surface area contributed by atoms with Crippen LogP contribution in [0.25, 0.3) is 0 Å². The van der Waals surface area contributed by atoms with Gasteiger partial charge in [-0.3, -0.25) is 0 Å². The minimum atomic E-state index is -0.829. The van der Waals surface area contributed by atoms with Gasteiger partial charge in [0, 0.05) is 0 Å². The second-order valence-corrected chi connectivity index (χ2v) is 3.99. The van der Waals surface area contributed by atoms with Crippen molar-refractivity contribution in [3.63, 3.8) is 0 Å². The first-order valence-corrected chi connectivity index (χ1v) is 6.36. The summed E-state index contributed by atoms with van der Waals surface area (Å²) in [5, 5.41) is 9.28. The fourth-order valence-corrected chi connectivity index (χ4v) is 2.26. The molecule has 0 aliphatic heterocycles. The molecule has 0 radical (unpaired) electrons. The fourth-order valence-electron chi connectivity index (χ4n) is 0.615. The Morgan fingerprint density at radius 3 is 2.85 bits per heavy atom. The van der Waals surface area contributed by atoms with Crippen LogP contribution in [0.2, 0.25) is 0 Å². The van der Waals surface area contributed by atoms with Crippen molar-refractivity contribution in [1.29, 1.82) is 0 Å². The van der Waals surface area contributed by atoms with Gasteiger partial charge in [-0.05, 0) is 0 Å². The molecule has 0 amide bonds. The van der Waals surface area contributed by atoms with Crippen molar-refractivity contribution >= 4 is 22.6 Å². The zero-order chi connectivity index (χ0) is 9.52. The van der Waals surface area contributed by atoms with Gasteiger partial charge in [0.2, 0.25) is 0 Å². The van der Waals surface area contributed by atoms with E-state index >= 15 is 0 Å². The summed E-state index contributed by atoms with van der Waals surface area (Å²) in [6.07, 6.45) is 1.56. The number of hydrogen-bond donors (Lipinski definition) is 1. The molecule has 0 bridgehead atoms. The Bertz CT molecular complexity index is 288. The van der Waals surface area contributed by atoms with Crippen molar-refractivity contribution in [2.45, 2.75) is 0 Å². The third-order valence-electron chi connectivity index (χ3n) is 1.12. The number of aromatic hydroxyl groups is 1. The molecule has 0 aliphatic carbocycles. The van der Waals surface area contributed by atoms with E-state index in [1.54, 1.807) is 34.6 Å². The topological polar surface area (TPSA) is 38.7 Å². The first kappa shape index (κ1) is 10.9. The van der Waals surface area contributed by atoms with Crippen LogP contribution in [0.15, 0.2) is 34.6 Å². The number of phenolic OH excluding ortho intramolecular Hbond substituents is 1. The van der Waals surface area contributed by atoms with Gasteiger partial charge in [0.15, 0.2) is 0 Å². The molecule has 0 heterocycles. The summed E-state index contributed by atoms with van der Waals surface area (Å²) in [5.41, 5.74) is 0. The van der Waals surface area contributed by atoms with Crippen LogP contribution in [0.3, 0.4) is 0 Å². The van der Waals surface area contributed by atoms with Gasteiger partial charge in [0.1, 0.15) is 0 Å². The molecule has 0 spiro atoms. The molecular weight excluding hydrogens is 398 g/mol. The van der Waals surface area contributed by atoms with Crippen LogP contribution < -0.4 is 25.1 Å². The van der Waals surface area contributed by atoms with E-state index in [9.17, 15) is 5.11 Å². The van der Waals surface area contributed by atoms with E-state index in [1.165, 1.54) is 0 Å². The van der Waals surface area contributed by atoms with Gasteiger partial charge in [0.25, 0.3) is 0 Å². The standard InChI is InChI=1S/C8H7I2O3/c9-5-6-12-10-13-8-4-2-1-3-7(8)11/h1-6,11H/q-1/b6-5-. The second-order valence-electron chi connectivity index (χ2n) is 1.96. The summed E-state index contributed by atoms with van der Waals surface area (Å²) < 4.78 is 12.0. The summed E-state index contributed by atoms with van der Waals surface area (Å²) >= 11 is 1.23. The quantitative estimate of drug-likeness (QED) is 0.422. The first-order chi connectivity index (χ1) is 6.34. The molecule has 0 saturated heterocycles. The Labute approximate surface area is 101 Å². The van der Waals surface area contributed by atoms with Gasteiger partial charge in [-0.15, -0.1) is 0 Å². The maximum atomic E-state index is 9.28. The summed E-state index contributed by atoms with van der Waals surface area (Å²) in [4.78, 5) is 0. The third-order valence-corrected chi connectivity index (χ3v) is 2.57. The Morgan fingerprint density at radius 2 is 2.15 bits per heavy atom. The van der Waals surface area contributed by atoms with Crippen LogP contribution in [0.5, 0.6) is 11.5 Å². The molecule has 0 atom stereocenters. The Hall–Kier alpha value is -0.180. The minimum absolute atomic E-state index is 0.143. The molecule has 72 valence electrons. The Kier molecular flexibility index (Phi) is 5.28. The van der Waals surface area contributed by atoms with Gasteiger partial charge < -0.3 is 0 Å². The van der Waals surface area contributed by atoms with Gasteiger partial charge in [-0.2, -0.15) is 0 Å². The molecule has 3 nitrogen and oxygen atoms in total.